The maximum atomic E-state index is 12.6. The van der Waals surface area contributed by atoms with Crippen LogP contribution in [0.15, 0.2) is 6.20 Å². The molecule has 3 heterocycles. The standard InChI is InChI=1S/C17H24N4O/c1-12-5-4-8-20(10-12)17-18-9-14-15(19-17)11-21(16(14)22)13-6-2-3-7-13/h9,12-13H,2-8,10-11H2,1H3/t12-/m1/s1. The van der Waals surface area contributed by atoms with Crippen LogP contribution in [0.2, 0.25) is 0 Å². The number of aromatic nitrogens is 2. The van der Waals surface area contributed by atoms with Crippen molar-refractivity contribution in [3.63, 3.8) is 0 Å². The van der Waals surface area contributed by atoms with Gasteiger partial charge < -0.3 is 9.80 Å². The van der Waals surface area contributed by atoms with Gasteiger partial charge in [0.1, 0.15) is 0 Å². The number of amides is 1. The largest absolute Gasteiger partial charge is 0.341 e. The molecule has 5 nitrogen and oxygen atoms in total. The highest BCUT2D eigenvalue weighted by Gasteiger charge is 2.35. The van der Waals surface area contributed by atoms with E-state index < -0.39 is 0 Å². The molecular weight excluding hydrogens is 276 g/mol. The molecule has 1 aromatic rings. The minimum atomic E-state index is 0.139. The highest BCUT2D eigenvalue weighted by molar-refractivity contribution is 5.97. The Kier molecular flexibility index (Phi) is 3.51. The first-order valence-electron chi connectivity index (χ1n) is 8.64. The number of piperidine rings is 1. The summed E-state index contributed by atoms with van der Waals surface area (Å²) >= 11 is 0. The summed E-state index contributed by atoms with van der Waals surface area (Å²) in [6.45, 7) is 5.02. The molecule has 2 fully saturated rings. The highest BCUT2D eigenvalue weighted by atomic mass is 16.2. The van der Waals surface area contributed by atoms with E-state index >= 15 is 0 Å². The van der Waals surface area contributed by atoms with Crippen molar-refractivity contribution in [3.8, 4) is 0 Å². The molecule has 0 unspecified atom stereocenters. The van der Waals surface area contributed by atoms with Gasteiger partial charge in [0, 0.05) is 25.3 Å². The van der Waals surface area contributed by atoms with Gasteiger partial charge in [-0.3, -0.25) is 4.79 Å². The molecule has 1 saturated heterocycles. The SMILES string of the molecule is C[C@@H]1CCCN(c2ncc3c(n2)CN(C2CCCC2)C3=O)C1. The van der Waals surface area contributed by atoms with Gasteiger partial charge in [0.15, 0.2) is 0 Å². The molecule has 1 aliphatic carbocycles. The van der Waals surface area contributed by atoms with Gasteiger partial charge in [-0.25, -0.2) is 9.97 Å². The average Bonchev–Trinajstić information content (AvgIpc) is 3.15. The average molecular weight is 300 g/mol. The predicted octanol–water partition coefficient (Wildman–Crippen LogP) is 2.61. The van der Waals surface area contributed by atoms with Crippen molar-refractivity contribution in [2.75, 3.05) is 18.0 Å². The zero-order chi connectivity index (χ0) is 15.1. The minimum Gasteiger partial charge on any atom is -0.341 e. The number of rotatable bonds is 2. The Labute approximate surface area is 131 Å². The molecular formula is C17H24N4O. The van der Waals surface area contributed by atoms with Crippen molar-refractivity contribution in [2.45, 2.75) is 58.0 Å². The van der Waals surface area contributed by atoms with Gasteiger partial charge >= 0.3 is 0 Å². The minimum absolute atomic E-state index is 0.139. The van der Waals surface area contributed by atoms with Gasteiger partial charge in [-0.15, -0.1) is 0 Å². The Morgan fingerprint density at radius 1 is 1.18 bits per heavy atom. The van der Waals surface area contributed by atoms with Crippen LogP contribution in [-0.2, 0) is 6.54 Å². The van der Waals surface area contributed by atoms with Crippen LogP contribution in [-0.4, -0.2) is 39.9 Å². The fourth-order valence-electron chi connectivity index (χ4n) is 4.13. The molecule has 2 aliphatic heterocycles. The van der Waals surface area contributed by atoms with Crippen LogP contribution < -0.4 is 4.90 Å². The summed E-state index contributed by atoms with van der Waals surface area (Å²) in [5.41, 5.74) is 1.65. The van der Waals surface area contributed by atoms with E-state index in [9.17, 15) is 4.79 Å². The molecule has 0 N–H and O–H groups in total. The summed E-state index contributed by atoms with van der Waals surface area (Å²) in [5, 5.41) is 0. The van der Waals surface area contributed by atoms with E-state index in [1.807, 2.05) is 4.90 Å². The second kappa shape index (κ2) is 5.52. The third-order valence-electron chi connectivity index (χ3n) is 5.37. The Morgan fingerprint density at radius 3 is 2.77 bits per heavy atom. The van der Waals surface area contributed by atoms with Crippen molar-refractivity contribution in [2.24, 2.45) is 5.92 Å². The van der Waals surface area contributed by atoms with Gasteiger partial charge in [-0.05, 0) is 31.6 Å². The van der Waals surface area contributed by atoms with Gasteiger partial charge in [0.25, 0.3) is 5.91 Å². The fourth-order valence-corrected chi connectivity index (χ4v) is 4.13. The second-order valence-electron chi connectivity index (χ2n) is 7.10. The molecule has 3 aliphatic rings. The number of carbonyl (C=O) groups excluding carboxylic acids is 1. The van der Waals surface area contributed by atoms with Crippen molar-refractivity contribution in [3.05, 3.63) is 17.5 Å². The van der Waals surface area contributed by atoms with Crippen molar-refractivity contribution >= 4 is 11.9 Å². The van der Waals surface area contributed by atoms with Gasteiger partial charge in [-0.2, -0.15) is 0 Å². The lowest BCUT2D eigenvalue weighted by Crippen LogP contribution is -2.35. The number of carbonyl (C=O) groups is 1. The van der Waals surface area contributed by atoms with Crippen LogP contribution in [0.4, 0.5) is 5.95 Å². The van der Waals surface area contributed by atoms with Crippen LogP contribution in [0.3, 0.4) is 0 Å². The van der Waals surface area contributed by atoms with Crippen LogP contribution in [0.1, 0.15) is 61.5 Å². The van der Waals surface area contributed by atoms with Crippen LogP contribution in [0.5, 0.6) is 0 Å². The quantitative estimate of drug-likeness (QED) is 0.842. The van der Waals surface area contributed by atoms with E-state index in [0.29, 0.717) is 18.5 Å². The Hall–Kier alpha value is -1.65. The lowest BCUT2D eigenvalue weighted by Gasteiger charge is -2.30. The van der Waals surface area contributed by atoms with Crippen LogP contribution in [0, 0.1) is 5.92 Å². The van der Waals surface area contributed by atoms with E-state index in [2.05, 4.69) is 16.8 Å². The molecule has 1 saturated carbocycles. The predicted molar refractivity (Wildman–Crippen MR) is 84.8 cm³/mol. The molecule has 0 radical (unpaired) electrons. The number of fused-ring (bicyclic) bond motifs is 1. The number of anilines is 1. The van der Waals surface area contributed by atoms with E-state index in [-0.39, 0.29) is 5.91 Å². The van der Waals surface area contributed by atoms with Crippen molar-refractivity contribution in [1.29, 1.82) is 0 Å². The van der Waals surface area contributed by atoms with E-state index in [0.717, 1.165) is 43.1 Å². The summed E-state index contributed by atoms with van der Waals surface area (Å²) in [6.07, 6.45) is 9.02. The molecule has 1 atom stereocenters. The third-order valence-corrected chi connectivity index (χ3v) is 5.37. The van der Waals surface area contributed by atoms with Crippen molar-refractivity contribution in [1.82, 2.24) is 14.9 Å². The van der Waals surface area contributed by atoms with Crippen LogP contribution >= 0.6 is 0 Å². The zero-order valence-corrected chi connectivity index (χ0v) is 13.3. The number of hydrogen-bond donors (Lipinski definition) is 0. The Morgan fingerprint density at radius 2 is 2.00 bits per heavy atom. The first kappa shape index (κ1) is 14.0. The molecule has 5 heteroatoms. The van der Waals surface area contributed by atoms with Crippen LogP contribution in [0.25, 0.3) is 0 Å². The Balaban J connectivity index is 1.56. The first-order chi connectivity index (χ1) is 10.7. The zero-order valence-electron chi connectivity index (χ0n) is 13.3. The highest BCUT2D eigenvalue weighted by Crippen LogP contribution is 2.31. The number of hydrogen-bond acceptors (Lipinski definition) is 4. The van der Waals surface area contributed by atoms with Crippen molar-refractivity contribution < 1.29 is 4.79 Å². The molecule has 4 rings (SSSR count). The number of nitrogens with zero attached hydrogens (tertiary/aromatic N) is 4. The smallest absolute Gasteiger partial charge is 0.257 e. The lowest BCUT2D eigenvalue weighted by molar-refractivity contribution is 0.0706. The monoisotopic (exact) mass is 300 g/mol. The topological polar surface area (TPSA) is 49.3 Å². The lowest BCUT2D eigenvalue weighted by atomic mass is 10.0. The van der Waals surface area contributed by atoms with E-state index in [1.165, 1.54) is 25.7 Å². The molecule has 0 bridgehead atoms. The second-order valence-corrected chi connectivity index (χ2v) is 7.10. The fraction of sp³-hybridized carbons (Fsp3) is 0.706. The summed E-state index contributed by atoms with van der Waals surface area (Å²) in [6, 6.07) is 0.417. The van der Waals surface area contributed by atoms with Gasteiger partial charge in [-0.1, -0.05) is 19.8 Å². The molecule has 0 aromatic carbocycles. The van der Waals surface area contributed by atoms with Gasteiger partial charge in [0.05, 0.1) is 17.8 Å². The maximum Gasteiger partial charge on any atom is 0.257 e. The Bertz CT molecular complexity index is 582. The molecule has 22 heavy (non-hydrogen) atoms. The molecule has 1 aromatic heterocycles. The maximum absolute atomic E-state index is 12.6. The normalized spacial score (nSPS) is 25.9. The summed E-state index contributed by atoms with van der Waals surface area (Å²) in [7, 11) is 0. The molecule has 0 spiro atoms. The van der Waals surface area contributed by atoms with E-state index in [4.69, 9.17) is 4.98 Å². The summed E-state index contributed by atoms with van der Waals surface area (Å²) < 4.78 is 0. The molecule has 1 amide bonds. The third kappa shape index (κ3) is 2.36. The summed E-state index contributed by atoms with van der Waals surface area (Å²) in [5.74, 6) is 1.65. The van der Waals surface area contributed by atoms with E-state index in [1.54, 1.807) is 6.20 Å². The summed E-state index contributed by atoms with van der Waals surface area (Å²) in [4.78, 5) is 26.1. The van der Waals surface area contributed by atoms with Gasteiger partial charge in [0.2, 0.25) is 5.95 Å². The first-order valence-corrected chi connectivity index (χ1v) is 8.64. The molecule has 118 valence electrons.